The largest absolute Gasteiger partial charge is 0.490 e. The highest BCUT2D eigenvalue weighted by Crippen LogP contribution is 2.28. The molecule has 3 aromatic rings. The summed E-state index contributed by atoms with van der Waals surface area (Å²) in [6.07, 6.45) is 2.14. The fraction of sp³-hybridized carbons (Fsp3) is 0.176. The molecular formula is C17H16N6O4S2. The quantitative estimate of drug-likeness (QED) is 0.242. The average molecular weight is 432 g/mol. The summed E-state index contributed by atoms with van der Waals surface area (Å²) in [6, 6.07) is 3.99. The second kappa shape index (κ2) is 8.75. The van der Waals surface area contributed by atoms with Crippen LogP contribution in [-0.2, 0) is 13.0 Å². The van der Waals surface area contributed by atoms with E-state index >= 15 is 0 Å². The molecule has 0 atom stereocenters. The van der Waals surface area contributed by atoms with Crippen LogP contribution < -0.4 is 10.1 Å². The van der Waals surface area contributed by atoms with Gasteiger partial charge in [-0.25, -0.2) is 4.98 Å². The Bertz CT molecular complexity index is 1130. The van der Waals surface area contributed by atoms with Crippen molar-refractivity contribution in [1.82, 2.24) is 19.7 Å². The summed E-state index contributed by atoms with van der Waals surface area (Å²) in [5.41, 5.74) is 0.538. The van der Waals surface area contributed by atoms with Crippen LogP contribution in [0.25, 0.3) is 0 Å². The smallest absolute Gasteiger partial charge is 0.311 e. The number of aromatic amines is 1. The lowest BCUT2D eigenvalue weighted by molar-refractivity contribution is -0.385. The van der Waals surface area contributed by atoms with E-state index in [1.165, 1.54) is 30.6 Å². The second-order valence-electron chi connectivity index (χ2n) is 5.76. The number of nitrogens with one attached hydrogen (secondary N) is 2. The zero-order valence-electron chi connectivity index (χ0n) is 15.2. The number of methoxy groups -OCH3 is 1. The molecule has 0 aliphatic carbocycles. The van der Waals surface area contributed by atoms with E-state index in [-0.39, 0.29) is 17.0 Å². The molecule has 0 saturated heterocycles. The van der Waals surface area contributed by atoms with Gasteiger partial charge in [0.15, 0.2) is 15.7 Å². The molecule has 1 aromatic carbocycles. The molecule has 0 saturated carbocycles. The van der Waals surface area contributed by atoms with Crippen molar-refractivity contribution in [1.29, 1.82) is 0 Å². The Morgan fingerprint density at radius 2 is 2.34 bits per heavy atom. The standard InChI is InChI=1S/C17H16N6O4S2/c1-3-6-22-14(20-21-17(22)28)8-11-9-29-16(18-11)19-15(24)10-4-5-13(27-2)12(7-10)23(25)26/h3-5,7,9H,1,6,8H2,2H3,(H,21,28)(H,18,19,24). The second-order valence-corrected chi connectivity index (χ2v) is 7.01. The number of nitrogens with zero attached hydrogens (tertiary/aromatic N) is 4. The highest BCUT2D eigenvalue weighted by Gasteiger charge is 2.19. The maximum absolute atomic E-state index is 12.4. The Morgan fingerprint density at radius 1 is 1.55 bits per heavy atom. The molecule has 2 aromatic heterocycles. The van der Waals surface area contributed by atoms with Crippen LogP contribution in [0.3, 0.4) is 0 Å². The first kappa shape index (κ1) is 20.4. The molecule has 0 aliphatic heterocycles. The number of carbonyl (C=O) groups is 1. The molecule has 0 radical (unpaired) electrons. The summed E-state index contributed by atoms with van der Waals surface area (Å²) in [7, 11) is 1.33. The van der Waals surface area contributed by atoms with E-state index in [1.54, 1.807) is 16.0 Å². The highest BCUT2D eigenvalue weighted by atomic mass is 32.1. The number of aromatic nitrogens is 4. The number of ether oxygens (including phenoxy) is 1. The molecule has 0 bridgehead atoms. The molecular weight excluding hydrogens is 416 g/mol. The monoisotopic (exact) mass is 432 g/mol. The Morgan fingerprint density at radius 3 is 3.03 bits per heavy atom. The number of carbonyl (C=O) groups excluding carboxylic acids is 1. The SMILES string of the molecule is C=CCn1c(Cc2csc(NC(=O)c3ccc(OC)c([N+](=O)[O-])c3)n2)n[nH]c1=S. The first-order valence-electron chi connectivity index (χ1n) is 8.26. The Kier molecular flexibility index (Phi) is 6.14. The van der Waals surface area contributed by atoms with Gasteiger partial charge in [-0.15, -0.1) is 17.9 Å². The number of thiazole rings is 1. The minimum atomic E-state index is -0.604. The third-order valence-electron chi connectivity index (χ3n) is 3.90. The van der Waals surface area contributed by atoms with E-state index < -0.39 is 10.8 Å². The summed E-state index contributed by atoms with van der Waals surface area (Å²) >= 11 is 6.42. The van der Waals surface area contributed by atoms with E-state index in [1.807, 2.05) is 0 Å². The van der Waals surface area contributed by atoms with Crippen molar-refractivity contribution in [2.45, 2.75) is 13.0 Å². The number of H-pyrrole nitrogens is 1. The van der Waals surface area contributed by atoms with Crippen LogP contribution in [0, 0.1) is 14.9 Å². The van der Waals surface area contributed by atoms with Crippen LogP contribution in [0.4, 0.5) is 10.8 Å². The lowest BCUT2D eigenvalue weighted by Crippen LogP contribution is -2.12. The normalized spacial score (nSPS) is 10.5. The number of hydrogen-bond acceptors (Lipinski definition) is 8. The van der Waals surface area contributed by atoms with Crippen molar-refractivity contribution in [2.24, 2.45) is 0 Å². The van der Waals surface area contributed by atoms with Gasteiger partial charge in [0.05, 0.1) is 24.1 Å². The fourth-order valence-corrected chi connectivity index (χ4v) is 3.48. The van der Waals surface area contributed by atoms with E-state index in [0.29, 0.717) is 34.4 Å². The maximum Gasteiger partial charge on any atom is 0.311 e. The number of amides is 1. The topological polar surface area (TPSA) is 128 Å². The molecule has 2 heterocycles. The molecule has 29 heavy (non-hydrogen) atoms. The number of rotatable bonds is 8. The van der Waals surface area contributed by atoms with Gasteiger partial charge < -0.3 is 4.74 Å². The molecule has 10 nitrogen and oxygen atoms in total. The Balaban J connectivity index is 1.74. The highest BCUT2D eigenvalue weighted by molar-refractivity contribution is 7.71. The predicted octanol–water partition coefficient (Wildman–Crippen LogP) is 3.34. The van der Waals surface area contributed by atoms with E-state index in [4.69, 9.17) is 17.0 Å². The zero-order chi connectivity index (χ0) is 21.0. The third-order valence-corrected chi connectivity index (χ3v) is 5.02. The molecule has 3 rings (SSSR count). The molecule has 0 fully saturated rings. The van der Waals surface area contributed by atoms with Crippen molar-refractivity contribution in [3.8, 4) is 5.75 Å². The van der Waals surface area contributed by atoms with Crippen molar-refractivity contribution >= 4 is 40.3 Å². The molecule has 150 valence electrons. The molecule has 12 heteroatoms. The van der Waals surface area contributed by atoms with Gasteiger partial charge in [-0.1, -0.05) is 6.08 Å². The number of allylic oxidation sites excluding steroid dienone is 1. The van der Waals surface area contributed by atoms with E-state index in [9.17, 15) is 14.9 Å². The van der Waals surface area contributed by atoms with Gasteiger partial charge in [-0.3, -0.25) is 29.9 Å². The van der Waals surface area contributed by atoms with Gasteiger partial charge in [0.25, 0.3) is 5.91 Å². The van der Waals surface area contributed by atoms with Crippen LogP contribution in [0.5, 0.6) is 5.75 Å². The van der Waals surface area contributed by atoms with Gasteiger partial charge >= 0.3 is 5.69 Å². The minimum Gasteiger partial charge on any atom is -0.490 e. The molecule has 0 spiro atoms. The Labute approximate surface area is 174 Å². The number of nitro benzene ring substituents is 1. The van der Waals surface area contributed by atoms with Crippen LogP contribution in [-0.4, -0.2) is 37.7 Å². The number of hydrogen-bond donors (Lipinski definition) is 2. The Hall–Kier alpha value is -3.38. The summed E-state index contributed by atoms with van der Waals surface area (Å²) < 4.78 is 7.23. The van der Waals surface area contributed by atoms with Crippen molar-refractivity contribution < 1.29 is 14.5 Å². The summed E-state index contributed by atoms with van der Waals surface area (Å²) in [6.45, 7) is 4.22. The van der Waals surface area contributed by atoms with E-state index in [0.717, 1.165) is 6.07 Å². The maximum atomic E-state index is 12.4. The molecule has 0 unspecified atom stereocenters. The zero-order valence-corrected chi connectivity index (χ0v) is 16.9. The van der Waals surface area contributed by atoms with Crippen LogP contribution in [0.2, 0.25) is 0 Å². The van der Waals surface area contributed by atoms with Gasteiger partial charge in [0.2, 0.25) is 0 Å². The number of nitro groups is 1. The molecule has 0 aliphatic rings. The lowest BCUT2D eigenvalue weighted by atomic mass is 10.2. The van der Waals surface area contributed by atoms with Crippen LogP contribution >= 0.6 is 23.6 Å². The first-order valence-corrected chi connectivity index (χ1v) is 9.55. The van der Waals surface area contributed by atoms with E-state index in [2.05, 4.69) is 27.1 Å². The van der Waals surface area contributed by atoms with Crippen molar-refractivity contribution in [3.63, 3.8) is 0 Å². The molecule has 1 amide bonds. The van der Waals surface area contributed by atoms with Gasteiger partial charge in [-0.2, -0.15) is 5.10 Å². The van der Waals surface area contributed by atoms with Gasteiger partial charge in [-0.05, 0) is 24.4 Å². The first-order chi connectivity index (χ1) is 13.9. The average Bonchev–Trinajstić information content (AvgIpc) is 3.29. The molecule has 2 N–H and O–H groups in total. The fourth-order valence-electron chi connectivity index (χ4n) is 2.55. The number of benzene rings is 1. The summed E-state index contributed by atoms with van der Waals surface area (Å²) in [4.78, 5) is 27.3. The lowest BCUT2D eigenvalue weighted by Gasteiger charge is -2.05. The van der Waals surface area contributed by atoms with Crippen molar-refractivity contribution in [2.75, 3.05) is 12.4 Å². The summed E-state index contributed by atoms with van der Waals surface area (Å²) in [5, 5.41) is 22.9. The van der Waals surface area contributed by atoms with Crippen molar-refractivity contribution in [3.05, 3.63) is 68.2 Å². The van der Waals surface area contributed by atoms with Crippen LogP contribution in [0.15, 0.2) is 36.2 Å². The summed E-state index contributed by atoms with van der Waals surface area (Å²) in [5.74, 6) is 0.269. The third kappa shape index (κ3) is 4.55. The minimum absolute atomic E-state index is 0.0797. The van der Waals surface area contributed by atoms with Crippen LogP contribution in [0.1, 0.15) is 21.9 Å². The predicted molar refractivity (Wildman–Crippen MR) is 110 cm³/mol. The van der Waals surface area contributed by atoms with Gasteiger partial charge in [0.1, 0.15) is 5.82 Å². The number of anilines is 1. The van der Waals surface area contributed by atoms with Gasteiger partial charge in [0, 0.05) is 23.6 Å².